The number of aliphatic imine (C=N–C) groups is 1. The van der Waals surface area contributed by atoms with Crippen molar-refractivity contribution in [3.05, 3.63) is 23.6 Å². The van der Waals surface area contributed by atoms with Crippen LogP contribution in [0.1, 0.15) is 65.2 Å². The van der Waals surface area contributed by atoms with E-state index < -0.39 is 0 Å². The molecule has 0 radical (unpaired) electrons. The third-order valence-corrected chi connectivity index (χ3v) is 6.62. The number of nitrogens with two attached hydrogens (primary N) is 1. The van der Waals surface area contributed by atoms with Gasteiger partial charge in [-0.3, -0.25) is 9.89 Å². The van der Waals surface area contributed by atoms with E-state index in [-0.39, 0.29) is 19.3 Å². The van der Waals surface area contributed by atoms with E-state index in [1.165, 1.54) is 12.8 Å². The Labute approximate surface area is 188 Å². The van der Waals surface area contributed by atoms with Crippen molar-refractivity contribution in [2.45, 2.75) is 83.3 Å². The maximum absolute atomic E-state index is 9.33. The van der Waals surface area contributed by atoms with Crippen molar-refractivity contribution >= 4 is 5.71 Å². The summed E-state index contributed by atoms with van der Waals surface area (Å²) in [6, 6.07) is 0.852. The first-order valence-corrected chi connectivity index (χ1v) is 12.0. The van der Waals surface area contributed by atoms with Gasteiger partial charge in [-0.15, -0.1) is 0 Å². The molecule has 7 heteroatoms. The molecule has 7 nitrogen and oxygen atoms in total. The normalized spacial score (nSPS) is 29.9. The van der Waals surface area contributed by atoms with Gasteiger partial charge in [-0.05, 0) is 70.4 Å². The average molecular weight is 437 g/mol. The second kappa shape index (κ2) is 13.9. The maximum Gasteiger partial charge on any atom is 0.0892 e. The summed E-state index contributed by atoms with van der Waals surface area (Å²) in [6.45, 7) is 6.11. The number of rotatable bonds is 10. The number of nitrogens with one attached hydrogen (secondary N) is 1. The van der Waals surface area contributed by atoms with E-state index in [1.807, 2.05) is 13.0 Å². The fraction of sp³-hybridized carbons (Fsp3) is 0.792. The Hall–Kier alpha value is -1.41. The number of aliphatic hydroxyl groups is 3. The summed E-state index contributed by atoms with van der Waals surface area (Å²) >= 11 is 0. The molecule has 0 saturated heterocycles. The number of hydrogen-bond acceptors (Lipinski definition) is 7. The van der Waals surface area contributed by atoms with Gasteiger partial charge in [0.15, 0.2) is 0 Å². The molecule has 0 bridgehead atoms. The largest absolute Gasteiger partial charge is 0.513 e. The molecule has 2 fully saturated rings. The molecule has 4 atom stereocenters. The van der Waals surface area contributed by atoms with Crippen LogP contribution in [0.4, 0.5) is 0 Å². The highest BCUT2D eigenvalue weighted by atomic mass is 16.3. The van der Waals surface area contributed by atoms with Crippen LogP contribution in [0, 0.1) is 5.92 Å². The summed E-state index contributed by atoms with van der Waals surface area (Å²) in [6.07, 6.45) is 12.2. The molecule has 0 heterocycles. The molecule has 178 valence electrons. The number of allylic oxidation sites excluding steroid dienone is 4. The quantitative estimate of drug-likeness (QED) is 0.204. The van der Waals surface area contributed by atoms with Crippen molar-refractivity contribution in [2.24, 2.45) is 16.6 Å². The van der Waals surface area contributed by atoms with E-state index in [9.17, 15) is 15.3 Å². The zero-order valence-electron chi connectivity index (χ0n) is 19.5. The Morgan fingerprint density at radius 3 is 2.48 bits per heavy atom. The maximum atomic E-state index is 9.33. The summed E-state index contributed by atoms with van der Waals surface area (Å²) in [5.74, 6) is 0.887. The van der Waals surface area contributed by atoms with Gasteiger partial charge >= 0.3 is 0 Å². The summed E-state index contributed by atoms with van der Waals surface area (Å²) in [5, 5.41) is 31.5. The predicted molar refractivity (Wildman–Crippen MR) is 127 cm³/mol. The fourth-order valence-corrected chi connectivity index (χ4v) is 4.86. The number of hydrogen-bond donors (Lipinski definition) is 5. The van der Waals surface area contributed by atoms with Crippen molar-refractivity contribution in [1.82, 2.24) is 10.2 Å². The van der Waals surface area contributed by atoms with E-state index in [2.05, 4.69) is 10.2 Å². The van der Waals surface area contributed by atoms with Gasteiger partial charge in [-0.1, -0.05) is 6.42 Å². The first-order chi connectivity index (χ1) is 14.9. The zero-order chi connectivity index (χ0) is 22.6. The van der Waals surface area contributed by atoms with Crippen LogP contribution in [0.5, 0.6) is 0 Å². The van der Waals surface area contributed by atoms with Crippen LogP contribution in [-0.4, -0.2) is 76.9 Å². The van der Waals surface area contributed by atoms with Crippen molar-refractivity contribution in [1.29, 1.82) is 0 Å². The molecule has 0 amide bonds. The van der Waals surface area contributed by atoms with Gasteiger partial charge in [0.05, 0.1) is 19.0 Å². The molecule has 2 rings (SSSR count). The molecule has 0 spiro atoms. The van der Waals surface area contributed by atoms with Crippen molar-refractivity contribution < 1.29 is 15.3 Å². The van der Waals surface area contributed by atoms with Gasteiger partial charge < -0.3 is 26.4 Å². The molecule has 2 saturated carbocycles. The van der Waals surface area contributed by atoms with E-state index >= 15 is 0 Å². The predicted octanol–water partition coefficient (Wildman–Crippen LogP) is 2.50. The van der Waals surface area contributed by atoms with Crippen molar-refractivity contribution in [2.75, 3.05) is 32.8 Å². The minimum absolute atomic E-state index is 0.0602. The van der Waals surface area contributed by atoms with Gasteiger partial charge in [0, 0.05) is 55.6 Å². The molecular formula is C24H44N4O3. The molecule has 0 aromatic heterocycles. The SMILES string of the molecule is C/C(O)=C\C=C(/C)NC1CCC(N)/C(=N\CC2CCCC(N(CCO)CCO)CC2)C1. The van der Waals surface area contributed by atoms with Crippen LogP contribution in [0.2, 0.25) is 0 Å². The smallest absolute Gasteiger partial charge is 0.0892 e. The fourth-order valence-electron chi connectivity index (χ4n) is 4.86. The van der Waals surface area contributed by atoms with Crippen molar-refractivity contribution in [3.8, 4) is 0 Å². The third-order valence-electron chi connectivity index (χ3n) is 6.62. The summed E-state index contributed by atoms with van der Waals surface area (Å²) in [5.41, 5.74) is 8.55. The lowest BCUT2D eigenvalue weighted by Crippen LogP contribution is -2.43. The van der Waals surface area contributed by atoms with Crippen LogP contribution >= 0.6 is 0 Å². The van der Waals surface area contributed by atoms with Crippen molar-refractivity contribution in [3.63, 3.8) is 0 Å². The Kier molecular flexibility index (Phi) is 11.6. The molecule has 0 aromatic carbocycles. The van der Waals surface area contributed by atoms with Crippen LogP contribution < -0.4 is 11.1 Å². The molecule has 2 aliphatic carbocycles. The Bertz CT molecular complexity index is 610. The zero-order valence-corrected chi connectivity index (χ0v) is 19.5. The Morgan fingerprint density at radius 1 is 1.06 bits per heavy atom. The molecule has 6 N–H and O–H groups in total. The topological polar surface area (TPSA) is 114 Å². The molecule has 31 heavy (non-hydrogen) atoms. The summed E-state index contributed by atoms with van der Waals surface area (Å²) in [4.78, 5) is 7.23. The lowest BCUT2D eigenvalue weighted by molar-refractivity contribution is 0.112. The van der Waals surface area contributed by atoms with E-state index in [1.54, 1.807) is 13.0 Å². The Morgan fingerprint density at radius 2 is 1.81 bits per heavy atom. The second-order valence-electron chi connectivity index (χ2n) is 9.23. The number of nitrogens with zero attached hydrogens (tertiary/aromatic N) is 2. The van der Waals surface area contributed by atoms with Gasteiger partial charge in [-0.2, -0.15) is 0 Å². The third kappa shape index (κ3) is 9.31. The van der Waals surface area contributed by atoms with Gasteiger partial charge in [0.1, 0.15) is 0 Å². The molecule has 2 aliphatic rings. The minimum Gasteiger partial charge on any atom is -0.513 e. The average Bonchev–Trinajstić information content (AvgIpc) is 2.98. The highest BCUT2D eigenvalue weighted by Crippen LogP contribution is 2.27. The van der Waals surface area contributed by atoms with Crippen LogP contribution in [0.25, 0.3) is 0 Å². The van der Waals surface area contributed by atoms with Gasteiger partial charge in [0.25, 0.3) is 0 Å². The molecule has 0 aromatic rings. The monoisotopic (exact) mass is 436 g/mol. The highest BCUT2D eigenvalue weighted by Gasteiger charge is 2.26. The Balaban J connectivity index is 1.88. The first kappa shape index (κ1) is 25.8. The van der Waals surface area contributed by atoms with E-state index in [0.717, 1.165) is 56.5 Å². The van der Waals surface area contributed by atoms with Gasteiger partial charge in [0.2, 0.25) is 0 Å². The summed E-state index contributed by atoms with van der Waals surface area (Å²) in [7, 11) is 0. The second-order valence-corrected chi connectivity index (χ2v) is 9.23. The standard InChI is InChI=1S/C24H44N4O3/c1-18(6-7-19(2)31)27-21-9-11-23(25)24(16-21)26-17-20-4-3-5-22(10-8-20)28(12-14-29)13-15-30/h6-7,20-23,27,29-31H,3-5,8-17,25H2,1-2H3/b18-6+,19-7+,26-24-. The molecular weight excluding hydrogens is 392 g/mol. The van der Waals surface area contributed by atoms with E-state index in [0.29, 0.717) is 36.9 Å². The highest BCUT2D eigenvalue weighted by molar-refractivity contribution is 5.90. The number of aliphatic hydroxyl groups excluding tert-OH is 3. The van der Waals surface area contributed by atoms with Crippen LogP contribution in [0.15, 0.2) is 28.6 Å². The van der Waals surface area contributed by atoms with Crippen LogP contribution in [-0.2, 0) is 0 Å². The lowest BCUT2D eigenvalue weighted by Gasteiger charge is -2.30. The molecule has 0 aliphatic heterocycles. The lowest BCUT2D eigenvalue weighted by atomic mass is 9.89. The van der Waals surface area contributed by atoms with E-state index in [4.69, 9.17) is 10.7 Å². The van der Waals surface area contributed by atoms with Crippen LogP contribution in [0.3, 0.4) is 0 Å². The molecule has 4 unspecified atom stereocenters. The summed E-state index contributed by atoms with van der Waals surface area (Å²) < 4.78 is 0. The van der Waals surface area contributed by atoms with Gasteiger partial charge in [-0.25, -0.2) is 0 Å². The first-order valence-electron chi connectivity index (χ1n) is 12.0. The minimum atomic E-state index is 0.0602.